The van der Waals surface area contributed by atoms with Gasteiger partial charge in [-0.25, -0.2) is 13.2 Å². The number of carbonyl (C=O) groups is 2. The number of piperidine rings is 1. The Kier molecular flexibility index (Phi) is 4.73. The van der Waals surface area contributed by atoms with E-state index >= 15 is 0 Å². The van der Waals surface area contributed by atoms with Gasteiger partial charge in [-0.05, 0) is 56.4 Å². The Morgan fingerprint density at radius 1 is 1.16 bits per heavy atom. The third-order valence-electron chi connectivity index (χ3n) is 4.88. The molecule has 1 atom stereocenters. The Morgan fingerprint density at radius 3 is 2.52 bits per heavy atom. The number of nitrogens with zero attached hydrogens (tertiary/aromatic N) is 2. The molecular formula is C17H22N2O5S. The molecule has 0 bridgehead atoms. The van der Waals surface area contributed by atoms with Gasteiger partial charge in [-0.2, -0.15) is 0 Å². The summed E-state index contributed by atoms with van der Waals surface area (Å²) in [7, 11) is -3.27. The molecule has 2 aliphatic heterocycles. The van der Waals surface area contributed by atoms with Gasteiger partial charge in [0.05, 0.1) is 11.4 Å². The highest BCUT2D eigenvalue weighted by Crippen LogP contribution is 2.28. The van der Waals surface area contributed by atoms with E-state index in [1.54, 1.807) is 25.1 Å². The molecule has 1 amide bonds. The van der Waals surface area contributed by atoms with E-state index in [9.17, 15) is 23.1 Å². The fourth-order valence-corrected chi connectivity index (χ4v) is 5.11. The molecule has 1 N–H and O–H groups in total. The fraction of sp³-hybridized carbons (Fsp3) is 0.529. The molecule has 0 aliphatic carbocycles. The van der Waals surface area contributed by atoms with Crippen molar-refractivity contribution in [2.75, 3.05) is 23.1 Å². The number of aliphatic carboxylic acids is 1. The van der Waals surface area contributed by atoms with Gasteiger partial charge < -0.3 is 10.0 Å². The molecule has 1 aromatic rings. The first-order valence-corrected chi connectivity index (χ1v) is 10.1. The molecule has 2 aliphatic rings. The molecule has 7 nitrogen and oxygen atoms in total. The van der Waals surface area contributed by atoms with Gasteiger partial charge in [-0.3, -0.25) is 9.10 Å². The first kappa shape index (κ1) is 17.7. The number of hydrogen-bond donors (Lipinski definition) is 1. The van der Waals surface area contributed by atoms with Gasteiger partial charge in [0.2, 0.25) is 10.0 Å². The Bertz CT molecular complexity index is 805. The summed E-state index contributed by atoms with van der Waals surface area (Å²) in [6, 6.07) is 4.13. The maximum absolute atomic E-state index is 12.8. The summed E-state index contributed by atoms with van der Waals surface area (Å²) >= 11 is 0. The smallest absolute Gasteiger partial charge is 0.326 e. The number of sulfonamides is 1. The second-order valence-corrected chi connectivity index (χ2v) is 8.60. The highest BCUT2D eigenvalue weighted by Gasteiger charge is 2.33. The molecule has 0 spiro atoms. The van der Waals surface area contributed by atoms with E-state index in [0.717, 1.165) is 12.8 Å². The average Bonchev–Trinajstić information content (AvgIpc) is 2.93. The fourth-order valence-electron chi connectivity index (χ4n) is 3.56. The maximum Gasteiger partial charge on any atom is 0.326 e. The molecule has 0 aromatic heterocycles. The van der Waals surface area contributed by atoms with Crippen molar-refractivity contribution in [2.24, 2.45) is 0 Å². The Labute approximate surface area is 147 Å². The molecule has 0 unspecified atom stereocenters. The number of amides is 1. The molecule has 1 aromatic carbocycles. The highest BCUT2D eigenvalue weighted by atomic mass is 32.2. The van der Waals surface area contributed by atoms with Crippen LogP contribution in [-0.4, -0.2) is 55.2 Å². The number of carboxylic acids is 1. The van der Waals surface area contributed by atoms with Crippen LogP contribution in [0.4, 0.5) is 5.69 Å². The minimum atomic E-state index is -3.27. The van der Waals surface area contributed by atoms with Gasteiger partial charge in [0, 0.05) is 18.7 Å². The molecule has 2 heterocycles. The predicted octanol–water partition coefficient (Wildman–Crippen LogP) is 1.61. The van der Waals surface area contributed by atoms with E-state index in [1.807, 2.05) is 0 Å². The monoisotopic (exact) mass is 366 g/mol. The van der Waals surface area contributed by atoms with Crippen LogP contribution in [-0.2, 0) is 14.8 Å². The molecule has 0 saturated carbocycles. The number of likely N-dealkylation sites (tertiary alicyclic amines) is 1. The molecule has 2 fully saturated rings. The van der Waals surface area contributed by atoms with Crippen molar-refractivity contribution in [2.45, 2.75) is 38.6 Å². The summed E-state index contributed by atoms with van der Waals surface area (Å²) in [5.74, 6) is -1.15. The highest BCUT2D eigenvalue weighted by molar-refractivity contribution is 7.93. The topological polar surface area (TPSA) is 95.0 Å². The third-order valence-corrected chi connectivity index (χ3v) is 6.75. The zero-order valence-corrected chi connectivity index (χ0v) is 15.0. The predicted molar refractivity (Wildman–Crippen MR) is 93.2 cm³/mol. The van der Waals surface area contributed by atoms with Crippen LogP contribution in [0.25, 0.3) is 0 Å². The lowest BCUT2D eigenvalue weighted by Crippen LogP contribution is -2.48. The van der Waals surface area contributed by atoms with Gasteiger partial charge in [0.1, 0.15) is 6.04 Å². The van der Waals surface area contributed by atoms with Gasteiger partial charge in [0.25, 0.3) is 5.91 Å². The van der Waals surface area contributed by atoms with E-state index in [0.29, 0.717) is 42.7 Å². The van der Waals surface area contributed by atoms with Crippen LogP contribution in [0.15, 0.2) is 18.2 Å². The van der Waals surface area contributed by atoms with Gasteiger partial charge in [-0.1, -0.05) is 0 Å². The van der Waals surface area contributed by atoms with Gasteiger partial charge in [-0.15, -0.1) is 0 Å². The average molecular weight is 366 g/mol. The summed E-state index contributed by atoms with van der Waals surface area (Å²) < 4.78 is 25.5. The van der Waals surface area contributed by atoms with Crippen LogP contribution in [0.1, 0.15) is 41.6 Å². The number of carbonyl (C=O) groups excluding carboxylic acids is 1. The van der Waals surface area contributed by atoms with E-state index in [4.69, 9.17) is 0 Å². The molecule has 0 radical (unpaired) electrons. The lowest BCUT2D eigenvalue weighted by Gasteiger charge is -2.33. The van der Waals surface area contributed by atoms with Crippen molar-refractivity contribution in [3.8, 4) is 0 Å². The van der Waals surface area contributed by atoms with Crippen molar-refractivity contribution in [3.05, 3.63) is 29.3 Å². The zero-order chi connectivity index (χ0) is 18.2. The summed E-state index contributed by atoms with van der Waals surface area (Å²) in [6.45, 7) is 2.62. The van der Waals surface area contributed by atoms with Crippen molar-refractivity contribution < 1.29 is 23.1 Å². The minimum Gasteiger partial charge on any atom is -0.480 e. The van der Waals surface area contributed by atoms with Crippen molar-refractivity contribution in [1.29, 1.82) is 0 Å². The lowest BCUT2D eigenvalue weighted by atomic mass is 9.99. The molecule has 25 heavy (non-hydrogen) atoms. The first-order valence-electron chi connectivity index (χ1n) is 8.46. The summed E-state index contributed by atoms with van der Waals surface area (Å²) in [5, 5.41) is 9.35. The molecule has 3 rings (SSSR count). The molecule has 2 saturated heterocycles. The van der Waals surface area contributed by atoms with E-state index in [1.165, 1.54) is 9.21 Å². The number of benzene rings is 1. The number of rotatable bonds is 3. The van der Waals surface area contributed by atoms with Crippen LogP contribution in [0.5, 0.6) is 0 Å². The summed E-state index contributed by atoms with van der Waals surface area (Å²) in [4.78, 5) is 25.7. The third kappa shape index (κ3) is 3.35. The maximum atomic E-state index is 12.8. The number of hydrogen-bond acceptors (Lipinski definition) is 4. The first-order chi connectivity index (χ1) is 11.8. The second kappa shape index (κ2) is 6.67. The van der Waals surface area contributed by atoms with Crippen LogP contribution >= 0.6 is 0 Å². The van der Waals surface area contributed by atoms with E-state index in [2.05, 4.69) is 0 Å². The Balaban J connectivity index is 1.88. The van der Waals surface area contributed by atoms with Crippen LogP contribution in [0.2, 0.25) is 0 Å². The summed E-state index contributed by atoms with van der Waals surface area (Å²) in [5.41, 5.74) is 1.63. The zero-order valence-electron chi connectivity index (χ0n) is 14.1. The van der Waals surface area contributed by atoms with Crippen LogP contribution in [0, 0.1) is 6.92 Å². The largest absolute Gasteiger partial charge is 0.480 e. The number of anilines is 1. The van der Waals surface area contributed by atoms with E-state index in [-0.39, 0.29) is 11.7 Å². The standard InChI is InChI=1S/C17H22N2O5S/c1-12-11-13(19-9-4-10-25(19,23)24)6-7-14(12)16(20)18-8-3-2-5-15(18)17(21)22/h6-7,11,15H,2-5,8-10H2,1H3,(H,21,22)/t15-/m1/s1. The second-order valence-electron chi connectivity index (χ2n) is 6.59. The minimum absolute atomic E-state index is 0.140. The normalized spacial score (nSPS) is 22.8. The quantitative estimate of drug-likeness (QED) is 0.877. The van der Waals surface area contributed by atoms with E-state index < -0.39 is 22.0 Å². The van der Waals surface area contributed by atoms with Gasteiger partial charge in [0.15, 0.2) is 0 Å². The molecular weight excluding hydrogens is 344 g/mol. The Hall–Kier alpha value is -2.09. The molecule has 8 heteroatoms. The van der Waals surface area contributed by atoms with Crippen LogP contribution < -0.4 is 4.31 Å². The van der Waals surface area contributed by atoms with Crippen LogP contribution in [0.3, 0.4) is 0 Å². The van der Waals surface area contributed by atoms with Crippen molar-refractivity contribution >= 4 is 27.6 Å². The number of carboxylic acid groups (broad SMARTS) is 1. The summed E-state index contributed by atoms with van der Waals surface area (Å²) in [6.07, 6.45) is 2.64. The number of aryl methyl sites for hydroxylation is 1. The lowest BCUT2D eigenvalue weighted by molar-refractivity contribution is -0.143. The molecule has 136 valence electrons. The van der Waals surface area contributed by atoms with Gasteiger partial charge >= 0.3 is 5.97 Å². The SMILES string of the molecule is Cc1cc(N2CCCS2(=O)=O)ccc1C(=O)N1CCCC[C@@H]1C(=O)O. The van der Waals surface area contributed by atoms with Crippen molar-refractivity contribution in [1.82, 2.24) is 4.90 Å². The Morgan fingerprint density at radius 2 is 1.92 bits per heavy atom. The van der Waals surface area contributed by atoms with Crippen molar-refractivity contribution in [3.63, 3.8) is 0 Å².